The van der Waals surface area contributed by atoms with Crippen LogP contribution in [0.3, 0.4) is 0 Å². The first kappa shape index (κ1) is 14.5. The SMILES string of the molecule is O=C(O)c1ccc(Br)c(OCC2Cc3ccccc3S2)c1. The Morgan fingerprint density at radius 3 is 2.90 bits per heavy atom. The second-order valence-electron chi connectivity index (χ2n) is 4.81. The van der Waals surface area contributed by atoms with E-state index in [2.05, 4.69) is 34.1 Å². The van der Waals surface area contributed by atoms with Crippen molar-refractivity contribution >= 4 is 33.7 Å². The Bertz CT molecular complexity index is 662. The molecule has 21 heavy (non-hydrogen) atoms. The van der Waals surface area contributed by atoms with Crippen LogP contribution < -0.4 is 4.74 Å². The Kier molecular flexibility index (Phi) is 4.22. The molecule has 3 nitrogen and oxygen atoms in total. The zero-order valence-electron chi connectivity index (χ0n) is 11.1. The van der Waals surface area contributed by atoms with E-state index < -0.39 is 5.97 Å². The van der Waals surface area contributed by atoms with Crippen LogP contribution in [0.5, 0.6) is 5.75 Å². The molecule has 0 amide bonds. The number of hydrogen-bond acceptors (Lipinski definition) is 3. The molecule has 0 saturated heterocycles. The number of ether oxygens (including phenoxy) is 1. The largest absolute Gasteiger partial charge is 0.491 e. The molecular weight excluding hydrogens is 352 g/mol. The molecule has 0 spiro atoms. The molecule has 0 bridgehead atoms. The minimum atomic E-state index is -0.949. The molecular formula is C16H13BrO3S. The van der Waals surface area contributed by atoms with E-state index in [9.17, 15) is 4.79 Å². The predicted molar refractivity (Wildman–Crippen MR) is 86.4 cm³/mol. The van der Waals surface area contributed by atoms with Crippen LogP contribution in [0.1, 0.15) is 15.9 Å². The van der Waals surface area contributed by atoms with Crippen LogP contribution in [0.4, 0.5) is 0 Å². The summed E-state index contributed by atoms with van der Waals surface area (Å²) >= 11 is 5.21. The molecule has 2 aromatic carbocycles. The molecule has 5 heteroatoms. The maximum absolute atomic E-state index is 11.0. The highest BCUT2D eigenvalue weighted by Crippen LogP contribution is 2.37. The monoisotopic (exact) mass is 364 g/mol. The van der Waals surface area contributed by atoms with Crippen molar-refractivity contribution in [2.45, 2.75) is 16.6 Å². The first-order chi connectivity index (χ1) is 10.1. The summed E-state index contributed by atoms with van der Waals surface area (Å²) in [5, 5.41) is 9.39. The van der Waals surface area contributed by atoms with Gasteiger partial charge in [0.05, 0.1) is 10.0 Å². The zero-order valence-corrected chi connectivity index (χ0v) is 13.5. The van der Waals surface area contributed by atoms with E-state index in [1.54, 1.807) is 18.2 Å². The molecule has 1 aliphatic rings. The molecule has 0 fully saturated rings. The highest BCUT2D eigenvalue weighted by Gasteiger charge is 2.22. The lowest BCUT2D eigenvalue weighted by Gasteiger charge is -2.12. The lowest BCUT2D eigenvalue weighted by molar-refractivity contribution is 0.0696. The second kappa shape index (κ2) is 6.12. The van der Waals surface area contributed by atoms with E-state index in [4.69, 9.17) is 9.84 Å². The number of rotatable bonds is 4. The number of aromatic carboxylic acids is 1. The molecule has 3 rings (SSSR count). The zero-order chi connectivity index (χ0) is 14.8. The molecule has 0 saturated carbocycles. The average molecular weight is 365 g/mol. The summed E-state index contributed by atoms with van der Waals surface area (Å²) in [6, 6.07) is 13.2. The fourth-order valence-electron chi connectivity index (χ4n) is 2.28. The lowest BCUT2D eigenvalue weighted by atomic mass is 10.1. The summed E-state index contributed by atoms with van der Waals surface area (Å²) in [5.74, 6) is -0.374. The number of halogens is 1. The van der Waals surface area contributed by atoms with Crippen molar-refractivity contribution in [1.29, 1.82) is 0 Å². The van der Waals surface area contributed by atoms with Crippen LogP contribution >= 0.6 is 27.7 Å². The number of benzene rings is 2. The van der Waals surface area contributed by atoms with Gasteiger partial charge in [-0.15, -0.1) is 11.8 Å². The molecule has 0 radical (unpaired) electrons. The third-order valence-corrected chi connectivity index (χ3v) is 5.26. The second-order valence-corrected chi connectivity index (χ2v) is 7.01. The fourth-order valence-corrected chi connectivity index (χ4v) is 3.86. The van der Waals surface area contributed by atoms with Gasteiger partial charge in [0.2, 0.25) is 0 Å². The third kappa shape index (κ3) is 3.24. The Morgan fingerprint density at radius 1 is 1.33 bits per heavy atom. The summed E-state index contributed by atoms with van der Waals surface area (Å²) < 4.78 is 6.58. The van der Waals surface area contributed by atoms with Crippen molar-refractivity contribution in [2.75, 3.05) is 6.61 Å². The quantitative estimate of drug-likeness (QED) is 0.880. The van der Waals surface area contributed by atoms with Gasteiger partial charge < -0.3 is 9.84 Å². The Labute approximate surface area is 135 Å². The van der Waals surface area contributed by atoms with Crippen molar-refractivity contribution in [3.8, 4) is 5.75 Å². The van der Waals surface area contributed by atoms with Gasteiger partial charge in [0.1, 0.15) is 12.4 Å². The summed E-state index contributed by atoms with van der Waals surface area (Å²) in [5.41, 5.74) is 1.59. The fraction of sp³-hybridized carbons (Fsp3) is 0.188. The van der Waals surface area contributed by atoms with Crippen molar-refractivity contribution in [1.82, 2.24) is 0 Å². The third-order valence-electron chi connectivity index (χ3n) is 3.32. The highest BCUT2D eigenvalue weighted by molar-refractivity contribution is 9.10. The van der Waals surface area contributed by atoms with Crippen molar-refractivity contribution in [3.63, 3.8) is 0 Å². The Morgan fingerprint density at radius 2 is 2.14 bits per heavy atom. The first-order valence-corrected chi connectivity index (χ1v) is 8.21. The van der Waals surface area contributed by atoms with E-state index in [1.165, 1.54) is 10.5 Å². The summed E-state index contributed by atoms with van der Waals surface area (Å²) in [4.78, 5) is 12.3. The Hall–Kier alpha value is -1.46. The van der Waals surface area contributed by atoms with Crippen LogP contribution in [0.25, 0.3) is 0 Å². The standard InChI is InChI=1S/C16H13BrO3S/c17-13-6-5-11(16(18)19)8-14(13)20-9-12-7-10-3-1-2-4-15(10)21-12/h1-6,8,12H,7,9H2,(H,18,19). The Balaban J connectivity index is 1.67. The van der Waals surface area contributed by atoms with E-state index in [0.717, 1.165) is 10.9 Å². The highest BCUT2D eigenvalue weighted by atomic mass is 79.9. The van der Waals surface area contributed by atoms with E-state index in [-0.39, 0.29) is 5.56 Å². The summed E-state index contributed by atoms with van der Waals surface area (Å²) in [6.45, 7) is 0.557. The molecule has 1 unspecified atom stereocenters. The topological polar surface area (TPSA) is 46.5 Å². The minimum Gasteiger partial charge on any atom is -0.491 e. The number of thioether (sulfide) groups is 1. The minimum absolute atomic E-state index is 0.232. The van der Waals surface area contributed by atoms with E-state index in [1.807, 2.05) is 17.8 Å². The smallest absolute Gasteiger partial charge is 0.335 e. The number of hydrogen-bond donors (Lipinski definition) is 1. The molecule has 108 valence electrons. The molecule has 1 N–H and O–H groups in total. The van der Waals surface area contributed by atoms with Gasteiger partial charge >= 0.3 is 5.97 Å². The molecule has 1 aliphatic heterocycles. The van der Waals surface area contributed by atoms with Gasteiger partial charge in [0, 0.05) is 10.1 Å². The lowest BCUT2D eigenvalue weighted by Crippen LogP contribution is -2.14. The summed E-state index contributed by atoms with van der Waals surface area (Å²) in [6.07, 6.45) is 0.983. The van der Waals surface area contributed by atoms with Gasteiger partial charge in [0.15, 0.2) is 0 Å². The molecule has 0 aliphatic carbocycles. The molecule has 2 aromatic rings. The molecule has 1 atom stereocenters. The van der Waals surface area contributed by atoms with Crippen molar-refractivity contribution < 1.29 is 14.6 Å². The number of carboxylic acids is 1. The molecule has 1 heterocycles. The van der Waals surface area contributed by atoms with Gasteiger partial charge in [-0.2, -0.15) is 0 Å². The number of carboxylic acid groups (broad SMARTS) is 1. The summed E-state index contributed by atoms with van der Waals surface area (Å²) in [7, 11) is 0. The first-order valence-electron chi connectivity index (χ1n) is 6.53. The maximum Gasteiger partial charge on any atom is 0.335 e. The predicted octanol–water partition coefficient (Wildman–Crippen LogP) is 4.24. The molecule has 0 aromatic heterocycles. The van der Waals surface area contributed by atoms with Gasteiger partial charge in [-0.1, -0.05) is 18.2 Å². The van der Waals surface area contributed by atoms with Crippen LogP contribution in [-0.2, 0) is 6.42 Å². The van der Waals surface area contributed by atoms with Gasteiger partial charge in [-0.05, 0) is 52.2 Å². The normalized spacial score (nSPS) is 16.5. The van der Waals surface area contributed by atoms with Crippen molar-refractivity contribution in [3.05, 3.63) is 58.1 Å². The van der Waals surface area contributed by atoms with E-state index >= 15 is 0 Å². The number of carbonyl (C=O) groups is 1. The van der Waals surface area contributed by atoms with Crippen LogP contribution in [0.15, 0.2) is 51.8 Å². The van der Waals surface area contributed by atoms with Gasteiger partial charge in [-0.3, -0.25) is 0 Å². The van der Waals surface area contributed by atoms with Gasteiger partial charge in [0.25, 0.3) is 0 Å². The maximum atomic E-state index is 11.0. The average Bonchev–Trinajstić information content (AvgIpc) is 2.89. The van der Waals surface area contributed by atoms with E-state index in [0.29, 0.717) is 17.6 Å². The number of fused-ring (bicyclic) bond motifs is 1. The van der Waals surface area contributed by atoms with Gasteiger partial charge in [-0.25, -0.2) is 4.79 Å². The van der Waals surface area contributed by atoms with Crippen LogP contribution in [0, 0.1) is 0 Å². The van der Waals surface area contributed by atoms with Crippen LogP contribution in [0.2, 0.25) is 0 Å². The van der Waals surface area contributed by atoms with Crippen LogP contribution in [-0.4, -0.2) is 22.9 Å². The van der Waals surface area contributed by atoms with Crippen molar-refractivity contribution in [2.24, 2.45) is 0 Å².